The van der Waals surface area contributed by atoms with E-state index in [0.29, 0.717) is 38.6 Å². The van der Waals surface area contributed by atoms with E-state index in [1.54, 1.807) is 11.7 Å². The van der Waals surface area contributed by atoms with E-state index < -0.39 is 0 Å². The number of hydrogen-bond acceptors (Lipinski definition) is 5. The molecule has 3 heterocycles. The van der Waals surface area contributed by atoms with Gasteiger partial charge in [0.25, 0.3) is 11.5 Å². The minimum absolute atomic E-state index is 0.0318. The average Bonchev–Trinajstić information content (AvgIpc) is 2.99. The molecule has 0 unspecified atom stereocenters. The van der Waals surface area contributed by atoms with E-state index in [0.717, 1.165) is 30.7 Å². The van der Waals surface area contributed by atoms with Gasteiger partial charge in [-0.3, -0.25) is 14.2 Å². The largest absolute Gasteiger partial charge is 0.495 e. The highest BCUT2D eigenvalue weighted by molar-refractivity contribution is 7.20. The number of ether oxygens (including phenoxy) is 1. The van der Waals surface area contributed by atoms with Crippen molar-refractivity contribution in [2.75, 3.05) is 12.4 Å². The van der Waals surface area contributed by atoms with Crippen LogP contribution in [0.5, 0.6) is 5.75 Å². The van der Waals surface area contributed by atoms with E-state index in [4.69, 9.17) is 4.74 Å². The van der Waals surface area contributed by atoms with Crippen molar-refractivity contribution in [3.8, 4) is 5.75 Å². The fourth-order valence-electron chi connectivity index (χ4n) is 3.55. The van der Waals surface area contributed by atoms with Crippen molar-refractivity contribution in [3.05, 3.63) is 50.4 Å². The Morgan fingerprint density at radius 2 is 2.11 bits per heavy atom. The van der Waals surface area contributed by atoms with Crippen LogP contribution in [0.3, 0.4) is 0 Å². The number of anilines is 1. The number of aryl methyl sites for hydroxylation is 3. The lowest BCUT2D eigenvalue weighted by Crippen LogP contribution is -2.28. The van der Waals surface area contributed by atoms with Gasteiger partial charge in [0.05, 0.1) is 23.1 Å². The molecule has 4 rings (SSSR count). The molecule has 27 heavy (non-hydrogen) atoms. The van der Waals surface area contributed by atoms with E-state index in [9.17, 15) is 9.59 Å². The number of aromatic nitrogens is 2. The van der Waals surface area contributed by atoms with Gasteiger partial charge in [0, 0.05) is 13.0 Å². The molecule has 2 aromatic heterocycles. The second-order valence-corrected chi connectivity index (χ2v) is 7.84. The Bertz CT molecular complexity index is 1110. The molecule has 0 fully saturated rings. The number of nitrogens with zero attached hydrogens (tertiary/aromatic N) is 2. The minimum atomic E-state index is -0.248. The van der Waals surface area contributed by atoms with Crippen molar-refractivity contribution in [3.63, 3.8) is 0 Å². The van der Waals surface area contributed by atoms with Crippen LogP contribution in [0.4, 0.5) is 5.69 Å². The predicted octanol–water partition coefficient (Wildman–Crippen LogP) is 3.67. The lowest BCUT2D eigenvalue weighted by atomic mass is 10.1. The summed E-state index contributed by atoms with van der Waals surface area (Å²) in [6.45, 7) is 4.48. The third-order valence-electron chi connectivity index (χ3n) is 4.97. The SMILES string of the molecule is COc1ccc(C)cc1NC(=O)c1sc2nc3n(c(=O)c2c1C)CCCC3. The summed E-state index contributed by atoms with van der Waals surface area (Å²) in [5.41, 5.74) is 2.29. The summed E-state index contributed by atoms with van der Waals surface area (Å²) in [4.78, 5) is 31.7. The Hall–Kier alpha value is -2.67. The van der Waals surface area contributed by atoms with Gasteiger partial charge < -0.3 is 10.1 Å². The molecule has 0 saturated carbocycles. The standard InChI is InChI=1S/C20H21N3O3S/c1-11-7-8-14(26-3)13(10-11)21-18(24)17-12(2)16-19(27-17)22-15-6-4-5-9-23(15)20(16)25/h7-8,10H,4-6,9H2,1-3H3,(H,21,24). The Labute approximate surface area is 160 Å². The molecule has 6 nitrogen and oxygen atoms in total. The number of rotatable bonds is 3. The summed E-state index contributed by atoms with van der Waals surface area (Å²) >= 11 is 1.28. The number of amides is 1. The van der Waals surface area contributed by atoms with Crippen LogP contribution in [0.15, 0.2) is 23.0 Å². The second-order valence-electron chi connectivity index (χ2n) is 6.84. The summed E-state index contributed by atoms with van der Waals surface area (Å²) < 4.78 is 7.10. The maximum atomic E-state index is 12.9. The van der Waals surface area contributed by atoms with E-state index in [1.807, 2.05) is 32.0 Å². The first-order valence-corrected chi connectivity index (χ1v) is 9.80. The first-order valence-electron chi connectivity index (χ1n) is 8.98. The van der Waals surface area contributed by atoms with Gasteiger partial charge in [-0.25, -0.2) is 4.98 Å². The molecule has 140 valence electrons. The van der Waals surface area contributed by atoms with Crippen molar-refractivity contribution >= 4 is 33.1 Å². The van der Waals surface area contributed by atoms with Crippen LogP contribution >= 0.6 is 11.3 Å². The van der Waals surface area contributed by atoms with Crippen molar-refractivity contribution in [2.45, 2.75) is 39.7 Å². The zero-order valence-corrected chi connectivity index (χ0v) is 16.4. The number of thiophene rings is 1. The van der Waals surface area contributed by atoms with Gasteiger partial charge >= 0.3 is 0 Å². The maximum Gasteiger partial charge on any atom is 0.266 e. The summed E-state index contributed by atoms with van der Waals surface area (Å²) in [7, 11) is 1.57. The topological polar surface area (TPSA) is 73.2 Å². The predicted molar refractivity (Wildman–Crippen MR) is 107 cm³/mol. The highest BCUT2D eigenvalue weighted by Gasteiger charge is 2.23. The molecule has 1 N–H and O–H groups in total. The number of hydrogen-bond donors (Lipinski definition) is 1. The normalized spacial score (nSPS) is 13.4. The minimum Gasteiger partial charge on any atom is -0.495 e. The summed E-state index contributed by atoms with van der Waals surface area (Å²) in [6, 6.07) is 5.62. The van der Waals surface area contributed by atoms with Crippen molar-refractivity contribution < 1.29 is 9.53 Å². The van der Waals surface area contributed by atoms with Crippen LogP contribution in [0, 0.1) is 13.8 Å². The fraction of sp³-hybridized carbons (Fsp3) is 0.350. The van der Waals surface area contributed by atoms with E-state index in [-0.39, 0.29) is 11.5 Å². The molecular weight excluding hydrogens is 362 g/mol. The molecule has 0 spiro atoms. The molecule has 7 heteroatoms. The zero-order valence-electron chi connectivity index (χ0n) is 15.6. The van der Waals surface area contributed by atoms with Crippen LogP contribution in [0.2, 0.25) is 0 Å². The molecule has 0 saturated heterocycles. The summed E-state index contributed by atoms with van der Waals surface area (Å²) in [5.74, 6) is 1.18. The smallest absolute Gasteiger partial charge is 0.266 e. The van der Waals surface area contributed by atoms with Crippen LogP contribution in [0.1, 0.15) is 39.5 Å². The molecule has 1 aromatic carbocycles. The maximum absolute atomic E-state index is 12.9. The summed E-state index contributed by atoms with van der Waals surface area (Å²) in [5, 5.41) is 3.48. The van der Waals surface area contributed by atoms with E-state index in [1.165, 1.54) is 11.3 Å². The van der Waals surface area contributed by atoms with Crippen LogP contribution in [0.25, 0.3) is 10.2 Å². The molecule has 0 aliphatic carbocycles. The zero-order chi connectivity index (χ0) is 19.1. The number of fused-ring (bicyclic) bond motifs is 2. The molecule has 1 amide bonds. The van der Waals surface area contributed by atoms with Crippen LogP contribution < -0.4 is 15.6 Å². The highest BCUT2D eigenvalue weighted by atomic mass is 32.1. The van der Waals surface area contributed by atoms with Gasteiger partial charge in [0.15, 0.2) is 0 Å². The first-order chi connectivity index (χ1) is 13.0. The van der Waals surface area contributed by atoms with Gasteiger partial charge in [-0.2, -0.15) is 0 Å². The van der Waals surface area contributed by atoms with Gasteiger partial charge in [-0.05, 0) is 49.9 Å². The third kappa shape index (κ3) is 3.02. The van der Waals surface area contributed by atoms with Gasteiger partial charge in [-0.1, -0.05) is 6.07 Å². The number of nitrogens with one attached hydrogen (secondary N) is 1. The van der Waals surface area contributed by atoms with Crippen molar-refractivity contribution in [2.24, 2.45) is 0 Å². The summed E-state index contributed by atoms with van der Waals surface area (Å²) in [6.07, 6.45) is 2.84. The molecule has 0 radical (unpaired) electrons. The average molecular weight is 383 g/mol. The van der Waals surface area contributed by atoms with E-state index >= 15 is 0 Å². The monoisotopic (exact) mass is 383 g/mol. The van der Waals surface area contributed by atoms with Crippen molar-refractivity contribution in [1.29, 1.82) is 0 Å². The second kappa shape index (κ2) is 6.81. The van der Waals surface area contributed by atoms with E-state index in [2.05, 4.69) is 10.3 Å². The molecule has 3 aromatic rings. The Balaban J connectivity index is 1.77. The van der Waals surface area contributed by atoms with Gasteiger partial charge in [0.1, 0.15) is 16.4 Å². The first kappa shape index (κ1) is 17.7. The lowest BCUT2D eigenvalue weighted by Gasteiger charge is -2.16. The Morgan fingerprint density at radius 1 is 1.30 bits per heavy atom. The highest BCUT2D eigenvalue weighted by Crippen LogP contribution is 2.31. The molecule has 0 bridgehead atoms. The third-order valence-corrected chi connectivity index (χ3v) is 6.16. The molecular formula is C20H21N3O3S. The molecule has 0 atom stereocenters. The number of carbonyl (C=O) groups is 1. The lowest BCUT2D eigenvalue weighted by molar-refractivity contribution is 0.102. The number of benzene rings is 1. The van der Waals surface area contributed by atoms with Gasteiger partial charge in [0.2, 0.25) is 0 Å². The van der Waals surface area contributed by atoms with Gasteiger partial charge in [-0.15, -0.1) is 11.3 Å². The quantitative estimate of drug-likeness (QED) is 0.749. The molecule has 1 aliphatic rings. The van der Waals surface area contributed by atoms with Crippen LogP contribution in [-0.2, 0) is 13.0 Å². The Kier molecular flexibility index (Phi) is 4.47. The Morgan fingerprint density at radius 3 is 2.89 bits per heavy atom. The number of carbonyl (C=O) groups excluding carboxylic acids is 1. The van der Waals surface area contributed by atoms with Crippen molar-refractivity contribution in [1.82, 2.24) is 9.55 Å². The van der Waals surface area contributed by atoms with Crippen LogP contribution in [-0.4, -0.2) is 22.6 Å². The molecule has 1 aliphatic heterocycles. The fourth-order valence-corrected chi connectivity index (χ4v) is 4.63. The number of methoxy groups -OCH3 is 1.